The van der Waals surface area contributed by atoms with Crippen LogP contribution in [-0.4, -0.2) is 52.7 Å². The molecule has 1 aromatic carbocycles. The molecule has 0 bridgehead atoms. The predicted octanol–water partition coefficient (Wildman–Crippen LogP) is 4.78. The van der Waals surface area contributed by atoms with E-state index in [-0.39, 0.29) is 24.3 Å². The zero-order valence-electron chi connectivity index (χ0n) is 24.6. The standard InChI is InChI=1S/C31H36N6O5S/c1-4-7-25-24(16-21-14-15-26(43-21)22-8-5-6-9-23(22)27-34-30(39)42-35-27)28(38)36(29-32-18-33-37(25)29)19-10-12-20(13-11-19)41-17-31(2,3)40/h5-6,8-9,14-15,18-20,40H,4,7,10-13,16-17H2,1-3H3,(H,34,35,39). The van der Waals surface area contributed by atoms with Gasteiger partial charge in [-0.25, -0.2) is 9.31 Å². The highest BCUT2D eigenvalue weighted by atomic mass is 32.1. The zero-order valence-corrected chi connectivity index (χ0v) is 25.4. The Bertz CT molecular complexity index is 1830. The normalized spacial score (nSPS) is 17.6. The van der Waals surface area contributed by atoms with E-state index in [0.29, 0.717) is 24.4 Å². The van der Waals surface area contributed by atoms with Crippen molar-refractivity contribution in [1.29, 1.82) is 0 Å². The minimum absolute atomic E-state index is 0.00833. The number of hydrogen-bond acceptors (Lipinski definition) is 9. The molecule has 1 fully saturated rings. The molecule has 1 saturated carbocycles. The molecule has 2 N–H and O–H groups in total. The van der Waals surface area contributed by atoms with E-state index in [1.54, 1.807) is 25.2 Å². The van der Waals surface area contributed by atoms with Gasteiger partial charge in [0, 0.05) is 38.9 Å². The fraction of sp³-hybridized carbons (Fsp3) is 0.452. The molecule has 12 heteroatoms. The first kappa shape index (κ1) is 29.2. The van der Waals surface area contributed by atoms with Crippen molar-refractivity contribution in [3.63, 3.8) is 0 Å². The number of aromatic nitrogens is 6. The quantitative estimate of drug-likeness (QED) is 0.232. The summed E-state index contributed by atoms with van der Waals surface area (Å²) in [6.45, 7) is 5.87. The summed E-state index contributed by atoms with van der Waals surface area (Å²) in [5.74, 6) is 0.357. The van der Waals surface area contributed by atoms with Crippen molar-refractivity contribution in [1.82, 2.24) is 29.3 Å². The van der Waals surface area contributed by atoms with E-state index in [1.807, 2.05) is 39.4 Å². The van der Waals surface area contributed by atoms with Crippen LogP contribution in [0.15, 0.2) is 56.8 Å². The van der Waals surface area contributed by atoms with Gasteiger partial charge in [0.2, 0.25) is 5.78 Å². The topological polar surface area (TPSA) is 141 Å². The summed E-state index contributed by atoms with van der Waals surface area (Å²) in [5.41, 5.74) is 2.44. The smallest absolute Gasteiger partial charge is 0.388 e. The summed E-state index contributed by atoms with van der Waals surface area (Å²) in [6, 6.07) is 11.8. The molecular weight excluding hydrogens is 568 g/mol. The third-order valence-corrected chi connectivity index (χ3v) is 9.01. The van der Waals surface area contributed by atoms with E-state index in [2.05, 4.69) is 33.2 Å². The van der Waals surface area contributed by atoms with Gasteiger partial charge in [0.1, 0.15) is 6.33 Å². The average molecular weight is 605 g/mol. The number of thiophene rings is 1. The van der Waals surface area contributed by atoms with Crippen LogP contribution in [0.25, 0.3) is 27.6 Å². The van der Waals surface area contributed by atoms with Crippen LogP contribution < -0.4 is 11.3 Å². The van der Waals surface area contributed by atoms with E-state index in [4.69, 9.17) is 9.26 Å². The van der Waals surface area contributed by atoms with Gasteiger partial charge in [-0.05, 0) is 58.1 Å². The molecule has 4 aromatic heterocycles. The Labute approximate surface area is 252 Å². The number of ether oxygens (including phenoxy) is 1. The molecule has 0 unspecified atom stereocenters. The average Bonchev–Trinajstić information content (AvgIpc) is 3.76. The fourth-order valence-electron chi connectivity index (χ4n) is 5.91. The van der Waals surface area contributed by atoms with Crippen molar-refractivity contribution in [2.45, 2.75) is 83.5 Å². The maximum absolute atomic E-state index is 14.3. The van der Waals surface area contributed by atoms with E-state index in [1.165, 1.54) is 6.33 Å². The highest BCUT2D eigenvalue weighted by molar-refractivity contribution is 7.15. The second kappa shape index (κ2) is 12.0. The molecule has 0 atom stereocenters. The Morgan fingerprint density at radius 1 is 1.12 bits per heavy atom. The molecule has 5 aromatic rings. The van der Waals surface area contributed by atoms with Gasteiger partial charge in [-0.3, -0.25) is 18.9 Å². The molecule has 1 aliphatic carbocycles. The fourth-order valence-corrected chi connectivity index (χ4v) is 6.97. The van der Waals surface area contributed by atoms with E-state index < -0.39 is 11.4 Å². The molecule has 0 amide bonds. The lowest BCUT2D eigenvalue weighted by Crippen LogP contribution is -2.36. The van der Waals surface area contributed by atoms with Crippen LogP contribution >= 0.6 is 11.3 Å². The molecule has 43 heavy (non-hydrogen) atoms. The Hall–Kier alpha value is -3.87. The second-order valence-corrected chi connectivity index (χ2v) is 13.0. The van der Waals surface area contributed by atoms with Crippen LogP contribution in [0.3, 0.4) is 0 Å². The van der Waals surface area contributed by atoms with Crippen molar-refractivity contribution in [2.24, 2.45) is 0 Å². The number of benzene rings is 1. The Morgan fingerprint density at radius 3 is 2.58 bits per heavy atom. The summed E-state index contributed by atoms with van der Waals surface area (Å²) in [7, 11) is 0. The molecule has 226 valence electrons. The molecular formula is C31H36N6O5S. The van der Waals surface area contributed by atoms with Crippen molar-refractivity contribution in [3.8, 4) is 21.8 Å². The van der Waals surface area contributed by atoms with E-state index >= 15 is 0 Å². The van der Waals surface area contributed by atoms with Crippen LogP contribution in [-0.2, 0) is 17.6 Å². The first-order valence-corrected chi connectivity index (χ1v) is 15.6. The number of aliphatic hydroxyl groups is 1. The third kappa shape index (κ3) is 6.13. The zero-order chi connectivity index (χ0) is 30.1. The van der Waals surface area contributed by atoms with E-state index in [9.17, 15) is 14.7 Å². The highest BCUT2D eigenvalue weighted by Gasteiger charge is 2.29. The summed E-state index contributed by atoms with van der Waals surface area (Å²) < 4.78 is 14.4. The number of hydrogen-bond donors (Lipinski definition) is 2. The number of fused-ring (bicyclic) bond motifs is 1. The number of aryl methyl sites for hydroxylation is 1. The first-order valence-electron chi connectivity index (χ1n) is 14.8. The lowest BCUT2D eigenvalue weighted by Gasteiger charge is -2.31. The molecule has 6 rings (SSSR count). The molecule has 0 radical (unpaired) electrons. The van der Waals surface area contributed by atoms with Gasteiger partial charge in [-0.15, -0.1) is 11.3 Å². The monoisotopic (exact) mass is 604 g/mol. The summed E-state index contributed by atoms with van der Waals surface area (Å²) in [6.07, 6.45) is 6.84. The summed E-state index contributed by atoms with van der Waals surface area (Å²) in [5, 5.41) is 18.5. The highest BCUT2D eigenvalue weighted by Crippen LogP contribution is 2.36. The molecule has 11 nitrogen and oxygen atoms in total. The predicted molar refractivity (Wildman–Crippen MR) is 163 cm³/mol. The van der Waals surface area contributed by atoms with Crippen LogP contribution in [0.5, 0.6) is 0 Å². The maximum atomic E-state index is 14.3. The molecule has 0 spiro atoms. The number of nitrogens with one attached hydrogen (secondary N) is 1. The number of nitrogens with zero attached hydrogens (tertiary/aromatic N) is 5. The van der Waals surface area contributed by atoms with Crippen LogP contribution in [0.2, 0.25) is 0 Å². The van der Waals surface area contributed by atoms with Gasteiger partial charge >= 0.3 is 5.76 Å². The van der Waals surface area contributed by atoms with Crippen molar-refractivity contribution >= 4 is 17.1 Å². The first-order chi connectivity index (χ1) is 20.7. The Balaban J connectivity index is 1.32. The van der Waals surface area contributed by atoms with Crippen LogP contribution in [0.1, 0.15) is 75.1 Å². The Morgan fingerprint density at radius 2 is 1.88 bits per heavy atom. The van der Waals surface area contributed by atoms with Gasteiger partial charge in [-0.2, -0.15) is 10.1 Å². The van der Waals surface area contributed by atoms with Crippen molar-refractivity contribution in [3.05, 3.63) is 79.8 Å². The lowest BCUT2D eigenvalue weighted by molar-refractivity contribution is -0.0654. The van der Waals surface area contributed by atoms with Gasteiger partial charge in [0.15, 0.2) is 5.82 Å². The van der Waals surface area contributed by atoms with Gasteiger partial charge in [0.05, 0.1) is 24.0 Å². The SMILES string of the molecule is CCCc1c(Cc2ccc(-c3ccccc3-c3noc(=O)[nH]3)s2)c(=O)n(C2CCC(OCC(C)(C)O)CC2)c2ncnn12. The molecule has 1 aliphatic rings. The van der Waals surface area contributed by atoms with Gasteiger partial charge in [-0.1, -0.05) is 42.8 Å². The maximum Gasteiger partial charge on any atom is 0.439 e. The van der Waals surface area contributed by atoms with Crippen molar-refractivity contribution in [2.75, 3.05) is 6.61 Å². The molecule has 0 saturated heterocycles. The van der Waals surface area contributed by atoms with Gasteiger partial charge < -0.3 is 9.84 Å². The van der Waals surface area contributed by atoms with Crippen LogP contribution in [0, 0.1) is 0 Å². The largest absolute Gasteiger partial charge is 0.439 e. The summed E-state index contributed by atoms with van der Waals surface area (Å²) in [4.78, 5) is 35.1. The number of rotatable bonds is 10. The second-order valence-electron chi connectivity index (χ2n) is 11.8. The number of H-pyrrole nitrogens is 1. The third-order valence-electron chi connectivity index (χ3n) is 7.89. The number of aromatic amines is 1. The summed E-state index contributed by atoms with van der Waals surface area (Å²) >= 11 is 1.61. The Kier molecular flexibility index (Phi) is 8.17. The molecule has 0 aliphatic heterocycles. The van der Waals surface area contributed by atoms with E-state index in [0.717, 1.165) is 64.2 Å². The van der Waals surface area contributed by atoms with Gasteiger partial charge in [0.25, 0.3) is 5.56 Å². The molecule has 4 heterocycles. The minimum Gasteiger partial charge on any atom is -0.388 e. The lowest BCUT2D eigenvalue weighted by atomic mass is 9.92. The minimum atomic E-state index is -0.871. The van der Waals surface area contributed by atoms with Crippen LogP contribution in [0.4, 0.5) is 0 Å². The van der Waals surface area contributed by atoms with Crippen molar-refractivity contribution < 1.29 is 14.4 Å².